The summed E-state index contributed by atoms with van der Waals surface area (Å²) in [4.78, 5) is 24.3. The summed E-state index contributed by atoms with van der Waals surface area (Å²) in [6.07, 6.45) is 0. The van der Waals surface area contributed by atoms with E-state index in [2.05, 4.69) is 0 Å². The minimum absolute atomic E-state index is 0.0659. The molecule has 0 aromatic heterocycles. The Bertz CT molecular complexity index is 652. The molecule has 0 amide bonds. The second-order valence-electron chi connectivity index (χ2n) is 4.90. The number of ketones is 1. The Morgan fingerprint density at radius 2 is 1.73 bits per heavy atom. The van der Waals surface area contributed by atoms with Crippen LogP contribution in [0.1, 0.15) is 34.3 Å². The fourth-order valence-corrected chi connectivity index (χ4v) is 2.18. The zero-order valence-corrected chi connectivity index (χ0v) is 13.0. The van der Waals surface area contributed by atoms with Crippen LogP contribution in [0.4, 0.5) is 0 Å². The number of hydrogen-bond donors (Lipinski definition) is 0. The molecule has 3 nitrogen and oxygen atoms in total. The highest BCUT2D eigenvalue weighted by Gasteiger charge is 2.18. The molecule has 0 saturated heterocycles. The maximum absolute atomic E-state index is 12.4. The lowest BCUT2D eigenvalue weighted by atomic mass is 9.96. The van der Waals surface area contributed by atoms with Crippen LogP contribution in [0.3, 0.4) is 0 Å². The summed E-state index contributed by atoms with van der Waals surface area (Å²) in [7, 11) is 0. The van der Waals surface area contributed by atoms with Crippen molar-refractivity contribution >= 4 is 23.4 Å². The van der Waals surface area contributed by atoms with Crippen LogP contribution < -0.4 is 0 Å². The second-order valence-corrected chi connectivity index (χ2v) is 5.28. The first kappa shape index (κ1) is 16.2. The lowest BCUT2D eigenvalue weighted by molar-refractivity contribution is -0.144. The van der Waals surface area contributed by atoms with Crippen LogP contribution in [0.2, 0.25) is 0 Å². The molecule has 114 valence electrons. The van der Waals surface area contributed by atoms with Crippen LogP contribution in [0.25, 0.3) is 0 Å². The highest BCUT2D eigenvalue weighted by molar-refractivity contribution is 6.18. The summed E-state index contributed by atoms with van der Waals surface area (Å²) >= 11 is 5.51. The number of hydrogen-bond acceptors (Lipinski definition) is 3. The first-order valence-corrected chi connectivity index (χ1v) is 7.59. The molecule has 0 saturated carbocycles. The van der Waals surface area contributed by atoms with Crippen LogP contribution in [0, 0.1) is 0 Å². The van der Waals surface area contributed by atoms with Crippen molar-refractivity contribution in [2.24, 2.45) is 0 Å². The monoisotopic (exact) mass is 316 g/mol. The Labute approximate surface area is 134 Å². The van der Waals surface area contributed by atoms with Gasteiger partial charge in [-0.2, -0.15) is 0 Å². The van der Waals surface area contributed by atoms with Gasteiger partial charge in [0.25, 0.3) is 0 Å². The third-order valence-electron chi connectivity index (χ3n) is 3.36. The Morgan fingerprint density at radius 3 is 2.41 bits per heavy atom. The summed E-state index contributed by atoms with van der Waals surface area (Å²) in [6.45, 7) is 1.94. The molecule has 2 aromatic rings. The molecule has 0 aliphatic carbocycles. The molecule has 2 rings (SSSR count). The normalized spacial score (nSPS) is 11.7. The van der Waals surface area contributed by atoms with E-state index >= 15 is 0 Å². The van der Waals surface area contributed by atoms with E-state index in [4.69, 9.17) is 16.3 Å². The van der Waals surface area contributed by atoms with E-state index in [0.717, 1.165) is 5.56 Å². The molecular weight excluding hydrogens is 300 g/mol. The number of halogens is 1. The lowest BCUT2D eigenvalue weighted by Gasteiger charge is -2.12. The number of ether oxygens (including phenoxy) is 1. The van der Waals surface area contributed by atoms with Crippen LogP contribution in [-0.2, 0) is 9.53 Å². The minimum atomic E-state index is -0.438. The SMILES string of the molecule is C[C@@H](C(=O)OCCCl)c1cccc(C(=O)c2ccccc2)c1. The predicted octanol–water partition coefficient (Wildman–Crippen LogP) is 3.80. The van der Waals surface area contributed by atoms with Crippen LogP contribution in [0.5, 0.6) is 0 Å². The Hall–Kier alpha value is -2.13. The second kappa shape index (κ2) is 7.76. The molecule has 1 atom stereocenters. The minimum Gasteiger partial charge on any atom is -0.464 e. The fraction of sp³-hybridized carbons (Fsp3) is 0.222. The van der Waals surface area contributed by atoms with Crippen molar-refractivity contribution in [1.29, 1.82) is 0 Å². The topological polar surface area (TPSA) is 43.4 Å². The predicted molar refractivity (Wildman–Crippen MR) is 86.4 cm³/mol. The van der Waals surface area contributed by atoms with Gasteiger partial charge in [-0.05, 0) is 18.6 Å². The molecule has 0 heterocycles. The van der Waals surface area contributed by atoms with Gasteiger partial charge in [-0.3, -0.25) is 9.59 Å². The lowest BCUT2D eigenvalue weighted by Crippen LogP contribution is -2.15. The van der Waals surface area contributed by atoms with Crippen molar-refractivity contribution < 1.29 is 14.3 Å². The standard InChI is InChI=1S/C18H17ClO3/c1-13(18(21)22-11-10-19)15-8-5-9-16(12-15)17(20)14-6-3-2-4-7-14/h2-9,12-13H,10-11H2,1H3/t13-/m1/s1. The van der Waals surface area contributed by atoms with Crippen molar-refractivity contribution in [2.45, 2.75) is 12.8 Å². The molecule has 4 heteroatoms. The zero-order valence-electron chi connectivity index (χ0n) is 12.3. The van der Waals surface area contributed by atoms with Gasteiger partial charge >= 0.3 is 5.97 Å². The quantitative estimate of drug-likeness (QED) is 0.462. The largest absolute Gasteiger partial charge is 0.464 e. The Kier molecular flexibility index (Phi) is 5.73. The van der Waals surface area contributed by atoms with Crippen molar-refractivity contribution in [2.75, 3.05) is 12.5 Å². The fourth-order valence-electron chi connectivity index (χ4n) is 2.11. The first-order chi connectivity index (χ1) is 10.6. The van der Waals surface area contributed by atoms with E-state index in [1.54, 1.807) is 37.3 Å². The van der Waals surface area contributed by atoms with Crippen LogP contribution in [-0.4, -0.2) is 24.2 Å². The zero-order chi connectivity index (χ0) is 15.9. The van der Waals surface area contributed by atoms with Gasteiger partial charge in [0.2, 0.25) is 0 Å². The highest BCUT2D eigenvalue weighted by Crippen LogP contribution is 2.20. The number of alkyl halides is 1. The maximum atomic E-state index is 12.4. The molecule has 22 heavy (non-hydrogen) atoms. The van der Waals surface area contributed by atoms with E-state index in [-0.39, 0.29) is 24.2 Å². The summed E-state index contributed by atoms with van der Waals surface area (Å²) in [5.41, 5.74) is 1.93. The molecule has 0 radical (unpaired) electrons. The van der Waals surface area contributed by atoms with Gasteiger partial charge in [0, 0.05) is 11.1 Å². The summed E-state index contributed by atoms with van der Waals surface area (Å²) in [6, 6.07) is 16.1. The van der Waals surface area contributed by atoms with E-state index in [1.165, 1.54) is 0 Å². The summed E-state index contributed by atoms with van der Waals surface area (Å²) in [5.74, 6) is -0.578. The van der Waals surface area contributed by atoms with Gasteiger partial charge in [-0.1, -0.05) is 48.5 Å². The number of rotatable bonds is 6. The molecule has 0 spiro atoms. The first-order valence-electron chi connectivity index (χ1n) is 7.06. The van der Waals surface area contributed by atoms with Gasteiger partial charge in [0.05, 0.1) is 11.8 Å². The smallest absolute Gasteiger partial charge is 0.313 e. The van der Waals surface area contributed by atoms with Crippen molar-refractivity contribution in [3.8, 4) is 0 Å². The maximum Gasteiger partial charge on any atom is 0.313 e. The average molecular weight is 317 g/mol. The molecule has 0 N–H and O–H groups in total. The molecule has 0 unspecified atom stereocenters. The van der Waals surface area contributed by atoms with Crippen molar-refractivity contribution in [3.05, 3.63) is 71.3 Å². The van der Waals surface area contributed by atoms with E-state index in [9.17, 15) is 9.59 Å². The van der Waals surface area contributed by atoms with Gasteiger partial charge < -0.3 is 4.74 Å². The third-order valence-corrected chi connectivity index (χ3v) is 3.51. The van der Waals surface area contributed by atoms with Gasteiger partial charge in [-0.15, -0.1) is 11.6 Å². The number of carbonyl (C=O) groups excluding carboxylic acids is 2. The van der Waals surface area contributed by atoms with Gasteiger partial charge in [0.1, 0.15) is 6.61 Å². The van der Waals surface area contributed by atoms with E-state index in [0.29, 0.717) is 11.1 Å². The summed E-state index contributed by atoms with van der Waals surface area (Å²) in [5, 5.41) is 0. The Morgan fingerprint density at radius 1 is 1.05 bits per heavy atom. The number of benzene rings is 2. The van der Waals surface area contributed by atoms with Gasteiger partial charge in [-0.25, -0.2) is 0 Å². The van der Waals surface area contributed by atoms with Crippen molar-refractivity contribution in [3.63, 3.8) is 0 Å². The van der Waals surface area contributed by atoms with Crippen LogP contribution in [0.15, 0.2) is 54.6 Å². The molecule has 0 fully saturated rings. The number of carbonyl (C=O) groups is 2. The molecule has 2 aromatic carbocycles. The molecule has 0 aliphatic rings. The molecule has 0 bridgehead atoms. The summed E-state index contributed by atoms with van der Waals surface area (Å²) < 4.78 is 5.04. The van der Waals surface area contributed by atoms with Crippen LogP contribution >= 0.6 is 11.6 Å². The highest BCUT2D eigenvalue weighted by atomic mass is 35.5. The molecular formula is C18H17ClO3. The van der Waals surface area contributed by atoms with Crippen molar-refractivity contribution in [1.82, 2.24) is 0 Å². The molecule has 0 aliphatic heterocycles. The average Bonchev–Trinajstić information content (AvgIpc) is 2.59. The third kappa shape index (κ3) is 3.95. The van der Waals surface area contributed by atoms with E-state index < -0.39 is 5.92 Å². The van der Waals surface area contributed by atoms with E-state index in [1.807, 2.05) is 24.3 Å². The number of esters is 1. The Balaban J connectivity index is 2.20. The van der Waals surface area contributed by atoms with Gasteiger partial charge in [0.15, 0.2) is 5.78 Å².